The SMILES string of the molecule is O=S(=O)(Nc1ccccc1)c1cc2[nH]cnc2cc1Cl. The molecule has 1 aromatic heterocycles. The zero-order chi connectivity index (χ0) is 14.2. The fraction of sp³-hybridized carbons (Fsp3) is 0. The maximum absolute atomic E-state index is 12.4. The summed E-state index contributed by atoms with van der Waals surface area (Å²) in [5.74, 6) is 0. The average molecular weight is 308 g/mol. The standard InChI is InChI=1S/C13H10ClN3O2S/c14-10-6-11-12(16-8-15-11)7-13(10)20(18,19)17-9-4-2-1-3-5-9/h1-8,17H,(H,15,16). The van der Waals surface area contributed by atoms with Crippen LogP contribution in [0.4, 0.5) is 5.69 Å². The first kappa shape index (κ1) is 13.0. The van der Waals surface area contributed by atoms with E-state index in [9.17, 15) is 8.42 Å². The van der Waals surface area contributed by atoms with E-state index in [2.05, 4.69) is 14.7 Å². The number of fused-ring (bicyclic) bond motifs is 1. The van der Waals surface area contributed by atoms with E-state index in [0.29, 0.717) is 16.7 Å². The van der Waals surface area contributed by atoms with Gasteiger partial charge in [0.1, 0.15) is 4.90 Å². The number of para-hydroxylation sites is 1. The number of nitrogens with one attached hydrogen (secondary N) is 2. The van der Waals surface area contributed by atoms with Crippen molar-refractivity contribution in [1.29, 1.82) is 0 Å². The molecule has 2 N–H and O–H groups in total. The summed E-state index contributed by atoms with van der Waals surface area (Å²) in [6.45, 7) is 0. The highest BCUT2D eigenvalue weighted by Gasteiger charge is 2.19. The lowest BCUT2D eigenvalue weighted by Crippen LogP contribution is -2.13. The number of halogens is 1. The van der Waals surface area contributed by atoms with Gasteiger partial charge in [-0.1, -0.05) is 29.8 Å². The molecule has 1 heterocycles. The van der Waals surface area contributed by atoms with E-state index in [0.717, 1.165) is 0 Å². The normalized spacial score (nSPS) is 11.7. The van der Waals surface area contributed by atoms with Crippen molar-refractivity contribution in [3.63, 3.8) is 0 Å². The first-order valence-corrected chi connectivity index (χ1v) is 7.63. The molecule has 102 valence electrons. The quantitative estimate of drug-likeness (QED) is 0.781. The third-order valence-corrected chi connectivity index (χ3v) is 4.64. The van der Waals surface area contributed by atoms with Crippen LogP contribution in [0.5, 0.6) is 0 Å². The van der Waals surface area contributed by atoms with Crippen LogP contribution in [0, 0.1) is 0 Å². The van der Waals surface area contributed by atoms with Gasteiger partial charge in [-0.15, -0.1) is 0 Å². The van der Waals surface area contributed by atoms with Gasteiger partial charge in [0.15, 0.2) is 0 Å². The molecule has 0 amide bonds. The molecule has 0 radical (unpaired) electrons. The van der Waals surface area contributed by atoms with E-state index in [-0.39, 0.29) is 9.92 Å². The van der Waals surface area contributed by atoms with Gasteiger partial charge in [0.2, 0.25) is 0 Å². The van der Waals surface area contributed by atoms with Gasteiger partial charge in [0.25, 0.3) is 10.0 Å². The highest BCUT2D eigenvalue weighted by atomic mass is 35.5. The molecule has 0 aliphatic rings. The Morgan fingerprint density at radius 3 is 2.65 bits per heavy atom. The molecule has 0 unspecified atom stereocenters. The van der Waals surface area contributed by atoms with Crippen LogP contribution in [0.2, 0.25) is 5.02 Å². The number of hydrogen-bond donors (Lipinski definition) is 2. The Kier molecular flexibility index (Phi) is 3.11. The Morgan fingerprint density at radius 2 is 1.90 bits per heavy atom. The van der Waals surface area contributed by atoms with Crippen LogP contribution in [0.1, 0.15) is 0 Å². The molecular formula is C13H10ClN3O2S. The molecule has 0 bridgehead atoms. The number of sulfonamides is 1. The number of aromatic amines is 1. The molecule has 20 heavy (non-hydrogen) atoms. The Hall–Kier alpha value is -2.05. The number of aromatic nitrogens is 2. The number of imidazole rings is 1. The van der Waals surface area contributed by atoms with Gasteiger partial charge in [-0.25, -0.2) is 13.4 Å². The average Bonchev–Trinajstić information content (AvgIpc) is 2.85. The lowest BCUT2D eigenvalue weighted by Gasteiger charge is -2.09. The fourth-order valence-corrected chi connectivity index (χ4v) is 3.47. The number of H-pyrrole nitrogens is 1. The molecule has 3 rings (SSSR count). The van der Waals surface area contributed by atoms with Crippen molar-refractivity contribution >= 4 is 38.3 Å². The fourth-order valence-electron chi connectivity index (χ4n) is 1.86. The third kappa shape index (κ3) is 2.35. The molecule has 2 aromatic carbocycles. The molecule has 7 heteroatoms. The van der Waals surface area contributed by atoms with Crippen molar-refractivity contribution in [2.45, 2.75) is 4.90 Å². The first-order valence-electron chi connectivity index (χ1n) is 5.77. The van der Waals surface area contributed by atoms with Crippen LogP contribution in [-0.2, 0) is 10.0 Å². The smallest absolute Gasteiger partial charge is 0.263 e. The van der Waals surface area contributed by atoms with Crippen LogP contribution in [0.15, 0.2) is 53.7 Å². The highest BCUT2D eigenvalue weighted by Crippen LogP contribution is 2.27. The Balaban J connectivity index is 2.06. The lowest BCUT2D eigenvalue weighted by molar-refractivity contribution is 0.601. The van der Waals surface area contributed by atoms with Crippen molar-refractivity contribution in [3.8, 4) is 0 Å². The zero-order valence-corrected chi connectivity index (χ0v) is 11.7. The molecule has 0 saturated carbocycles. The van der Waals surface area contributed by atoms with Gasteiger partial charge in [-0.05, 0) is 24.3 Å². The van der Waals surface area contributed by atoms with E-state index in [1.165, 1.54) is 18.5 Å². The van der Waals surface area contributed by atoms with E-state index < -0.39 is 10.0 Å². The van der Waals surface area contributed by atoms with Gasteiger partial charge in [0.05, 0.1) is 22.4 Å². The van der Waals surface area contributed by atoms with Crippen molar-refractivity contribution in [3.05, 3.63) is 53.8 Å². The minimum absolute atomic E-state index is 0.0137. The zero-order valence-electron chi connectivity index (χ0n) is 10.2. The van der Waals surface area contributed by atoms with Gasteiger partial charge in [-0.2, -0.15) is 0 Å². The van der Waals surface area contributed by atoms with E-state index in [4.69, 9.17) is 11.6 Å². The topological polar surface area (TPSA) is 74.8 Å². The summed E-state index contributed by atoms with van der Waals surface area (Å²) in [7, 11) is -3.74. The summed E-state index contributed by atoms with van der Waals surface area (Å²) in [6, 6.07) is 11.6. The predicted octanol–water partition coefficient (Wildman–Crippen LogP) is 3.02. The van der Waals surface area contributed by atoms with Crippen LogP contribution in [0.25, 0.3) is 11.0 Å². The van der Waals surface area contributed by atoms with Crippen LogP contribution < -0.4 is 4.72 Å². The van der Waals surface area contributed by atoms with Crippen molar-refractivity contribution in [1.82, 2.24) is 9.97 Å². The summed E-state index contributed by atoms with van der Waals surface area (Å²) in [5.41, 5.74) is 1.71. The van der Waals surface area contributed by atoms with Crippen LogP contribution in [-0.4, -0.2) is 18.4 Å². The van der Waals surface area contributed by atoms with Gasteiger partial charge >= 0.3 is 0 Å². The first-order chi connectivity index (χ1) is 9.56. The lowest BCUT2D eigenvalue weighted by atomic mass is 10.3. The Morgan fingerprint density at radius 1 is 1.15 bits per heavy atom. The second kappa shape index (κ2) is 4.81. The van der Waals surface area contributed by atoms with E-state index >= 15 is 0 Å². The summed E-state index contributed by atoms with van der Waals surface area (Å²) >= 11 is 6.04. The van der Waals surface area contributed by atoms with Gasteiger partial charge < -0.3 is 4.98 Å². The number of hydrogen-bond acceptors (Lipinski definition) is 3. The maximum atomic E-state index is 12.4. The molecule has 0 fully saturated rings. The van der Waals surface area contributed by atoms with Crippen molar-refractivity contribution in [2.75, 3.05) is 4.72 Å². The number of rotatable bonds is 3. The number of nitrogens with zero attached hydrogens (tertiary/aromatic N) is 1. The largest absolute Gasteiger partial charge is 0.345 e. The van der Waals surface area contributed by atoms with Gasteiger partial charge in [0, 0.05) is 5.69 Å². The summed E-state index contributed by atoms with van der Waals surface area (Å²) in [6.07, 6.45) is 1.49. The second-order valence-electron chi connectivity index (χ2n) is 4.17. The molecule has 0 spiro atoms. The minimum Gasteiger partial charge on any atom is -0.345 e. The molecule has 0 aliphatic carbocycles. The molecule has 3 aromatic rings. The van der Waals surface area contributed by atoms with Gasteiger partial charge in [-0.3, -0.25) is 4.72 Å². The summed E-state index contributed by atoms with van der Waals surface area (Å²) in [4.78, 5) is 6.91. The maximum Gasteiger partial charge on any atom is 0.263 e. The minimum atomic E-state index is -3.74. The number of benzene rings is 2. The molecule has 0 aliphatic heterocycles. The molecular weight excluding hydrogens is 298 g/mol. The third-order valence-electron chi connectivity index (χ3n) is 2.79. The monoisotopic (exact) mass is 307 g/mol. The number of anilines is 1. The predicted molar refractivity (Wildman–Crippen MR) is 78.4 cm³/mol. The second-order valence-corrected chi connectivity index (χ2v) is 6.23. The summed E-state index contributed by atoms with van der Waals surface area (Å²) < 4.78 is 27.2. The van der Waals surface area contributed by atoms with Crippen LogP contribution >= 0.6 is 11.6 Å². The van der Waals surface area contributed by atoms with E-state index in [1.54, 1.807) is 30.3 Å². The Labute approximate surface area is 120 Å². The van der Waals surface area contributed by atoms with Crippen molar-refractivity contribution < 1.29 is 8.42 Å². The molecule has 0 atom stereocenters. The summed E-state index contributed by atoms with van der Waals surface area (Å²) in [5, 5.41) is 0.132. The molecule has 5 nitrogen and oxygen atoms in total. The highest BCUT2D eigenvalue weighted by molar-refractivity contribution is 7.92. The van der Waals surface area contributed by atoms with Crippen LogP contribution in [0.3, 0.4) is 0 Å². The van der Waals surface area contributed by atoms with Crippen molar-refractivity contribution in [2.24, 2.45) is 0 Å². The Bertz CT molecular complexity index is 860. The molecule has 0 saturated heterocycles. The van der Waals surface area contributed by atoms with E-state index in [1.807, 2.05) is 0 Å².